The SMILES string of the molecule is CCCCS(=O)(=O)N1CCC(C(=O)NCC(F)(F)F)CC1. The van der Waals surface area contributed by atoms with Crippen LogP contribution >= 0.6 is 0 Å². The topological polar surface area (TPSA) is 66.5 Å². The number of rotatable bonds is 6. The van der Waals surface area contributed by atoms with E-state index in [1.807, 2.05) is 12.2 Å². The van der Waals surface area contributed by atoms with E-state index in [-0.39, 0.29) is 31.7 Å². The van der Waals surface area contributed by atoms with Gasteiger partial charge < -0.3 is 5.32 Å². The lowest BCUT2D eigenvalue weighted by atomic mass is 9.97. The van der Waals surface area contributed by atoms with E-state index in [2.05, 4.69) is 0 Å². The molecular weight excluding hydrogens is 309 g/mol. The number of hydrogen-bond donors (Lipinski definition) is 1. The van der Waals surface area contributed by atoms with Crippen molar-refractivity contribution in [3.8, 4) is 0 Å². The van der Waals surface area contributed by atoms with Gasteiger partial charge in [-0.1, -0.05) is 13.3 Å². The molecule has 1 saturated heterocycles. The van der Waals surface area contributed by atoms with Crippen LogP contribution in [-0.4, -0.2) is 50.2 Å². The van der Waals surface area contributed by atoms with Crippen molar-refractivity contribution in [1.29, 1.82) is 0 Å². The Hall–Kier alpha value is -0.830. The second-order valence-electron chi connectivity index (χ2n) is 5.18. The number of sulfonamides is 1. The minimum atomic E-state index is -4.43. The number of amides is 1. The quantitative estimate of drug-likeness (QED) is 0.803. The van der Waals surface area contributed by atoms with Gasteiger partial charge >= 0.3 is 6.18 Å². The Bertz CT molecular complexity index is 443. The van der Waals surface area contributed by atoms with E-state index in [0.717, 1.165) is 6.42 Å². The van der Waals surface area contributed by atoms with Gasteiger partial charge in [0.25, 0.3) is 0 Å². The highest BCUT2D eigenvalue weighted by Crippen LogP contribution is 2.21. The van der Waals surface area contributed by atoms with Crippen molar-refractivity contribution in [3.05, 3.63) is 0 Å². The van der Waals surface area contributed by atoms with Crippen molar-refractivity contribution in [2.45, 2.75) is 38.8 Å². The molecule has 1 N–H and O–H groups in total. The zero-order chi connectivity index (χ0) is 16.1. The highest BCUT2D eigenvalue weighted by Gasteiger charge is 2.33. The van der Waals surface area contributed by atoms with Gasteiger partial charge in [0.1, 0.15) is 6.54 Å². The average molecular weight is 330 g/mol. The number of carbonyl (C=O) groups excluding carboxylic acids is 1. The molecule has 0 aliphatic carbocycles. The van der Waals surface area contributed by atoms with E-state index < -0.39 is 34.6 Å². The second-order valence-corrected chi connectivity index (χ2v) is 7.26. The van der Waals surface area contributed by atoms with Crippen molar-refractivity contribution >= 4 is 15.9 Å². The van der Waals surface area contributed by atoms with Gasteiger partial charge in [0.2, 0.25) is 15.9 Å². The molecule has 0 saturated carbocycles. The molecule has 0 unspecified atom stereocenters. The predicted octanol–water partition coefficient (Wildman–Crippen LogP) is 1.51. The zero-order valence-corrected chi connectivity index (χ0v) is 12.8. The first-order valence-corrected chi connectivity index (χ1v) is 8.59. The summed E-state index contributed by atoms with van der Waals surface area (Å²) in [4.78, 5) is 11.6. The third-order valence-electron chi connectivity index (χ3n) is 3.44. The second kappa shape index (κ2) is 7.44. The number of halogens is 3. The van der Waals surface area contributed by atoms with Gasteiger partial charge in [-0.25, -0.2) is 12.7 Å². The average Bonchev–Trinajstić information content (AvgIpc) is 2.42. The molecule has 1 amide bonds. The van der Waals surface area contributed by atoms with Crippen LogP contribution in [0.3, 0.4) is 0 Å². The molecule has 1 aliphatic rings. The maximum absolute atomic E-state index is 12.0. The maximum Gasteiger partial charge on any atom is 0.405 e. The lowest BCUT2D eigenvalue weighted by Crippen LogP contribution is -2.45. The number of alkyl halides is 3. The molecule has 1 rings (SSSR count). The molecule has 0 aromatic carbocycles. The van der Waals surface area contributed by atoms with Crippen LogP contribution in [0, 0.1) is 5.92 Å². The molecule has 1 fully saturated rings. The molecule has 0 spiro atoms. The molecule has 1 aliphatic heterocycles. The van der Waals surface area contributed by atoms with Gasteiger partial charge in [-0.05, 0) is 19.3 Å². The Labute approximate surface area is 122 Å². The van der Waals surface area contributed by atoms with Gasteiger partial charge in [-0.3, -0.25) is 4.79 Å². The Balaban J connectivity index is 2.43. The van der Waals surface area contributed by atoms with Crippen LogP contribution in [-0.2, 0) is 14.8 Å². The number of unbranched alkanes of at least 4 members (excludes halogenated alkanes) is 1. The van der Waals surface area contributed by atoms with Gasteiger partial charge in [0.05, 0.1) is 5.75 Å². The number of nitrogens with zero attached hydrogens (tertiary/aromatic N) is 1. The number of hydrogen-bond acceptors (Lipinski definition) is 3. The normalized spacial score (nSPS) is 18.7. The molecule has 21 heavy (non-hydrogen) atoms. The summed E-state index contributed by atoms with van der Waals surface area (Å²) in [7, 11) is -3.31. The molecule has 1 heterocycles. The Morgan fingerprint density at radius 3 is 2.33 bits per heavy atom. The first-order chi connectivity index (χ1) is 9.65. The minimum absolute atomic E-state index is 0.0778. The fraction of sp³-hybridized carbons (Fsp3) is 0.917. The van der Waals surface area contributed by atoms with Crippen LogP contribution in [0.2, 0.25) is 0 Å². The van der Waals surface area contributed by atoms with Gasteiger partial charge in [0.15, 0.2) is 0 Å². The third-order valence-corrected chi connectivity index (χ3v) is 5.39. The van der Waals surface area contributed by atoms with E-state index >= 15 is 0 Å². The highest BCUT2D eigenvalue weighted by molar-refractivity contribution is 7.89. The lowest BCUT2D eigenvalue weighted by molar-refractivity contribution is -0.141. The van der Waals surface area contributed by atoms with Crippen molar-refractivity contribution in [1.82, 2.24) is 9.62 Å². The fourth-order valence-corrected chi connectivity index (χ4v) is 3.86. The van der Waals surface area contributed by atoms with Crippen molar-refractivity contribution in [2.24, 2.45) is 5.92 Å². The predicted molar refractivity (Wildman–Crippen MR) is 72.1 cm³/mol. The Morgan fingerprint density at radius 1 is 1.29 bits per heavy atom. The molecule has 5 nitrogen and oxygen atoms in total. The summed E-state index contributed by atoms with van der Waals surface area (Å²) in [5.74, 6) is -1.13. The van der Waals surface area contributed by atoms with Crippen LogP contribution < -0.4 is 5.32 Å². The molecule has 0 atom stereocenters. The van der Waals surface area contributed by atoms with Crippen LogP contribution in [0.25, 0.3) is 0 Å². The van der Waals surface area contributed by atoms with E-state index in [1.54, 1.807) is 0 Å². The highest BCUT2D eigenvalue weighted by atomic mass is 32.2. The molecule has 0 bridgehead atoms. The molecule has 124 valence electrons. The van der Waals surface area contributed by atoms with Gasteiger partial charge in [-0.2, -0.15) is 13.2 Å². The molecule has 0 aromatic rings. The van der Waals surface area contributed by atoms with Crippen LogP contribution in [0.5, 0.6) is 0 Å². The summed E-state index contributed by atoms with van der Waals surface area (Å²) in [6, 6.07) is 0. The molecular formula is C12H21F3N2O3S. The van der Waals surface area contributed by atoms with E-state index in [9.17, 15) is 26.4 Å². The third kappa shape index (κ3) is 6.21. The van der Waals surface area contributed by atoms with Crippen LogP contribution in [0.1, 0.15) is 32.6 Å². The van der Waals surface area contributed by atoms with Crippen LogP contribution in [0.4, 0.5) is 13.2 Å². The fourth-order valence-electron chi connectivity index (χ4n) is 2.18. The summed E-state index contributed by atoms with van der Waals surface area (Å²) in [6.07, 6.45) is -2.56. The standard InChI is InChI=1S/C12H21F3N2O3S/c1-2-3-8-21(19,20)17-6-4-10(5-7-17)11(18)16-9-12(13,14)15/h10H,2-9H2,1H3,(H,16,18). The lowest BCUT2D eigenvalue weighted by Gasteiger charge is -2.30. The number of carbonyl (C=O) groups is 1. The van der Waals surface area contributed by atoms with Crippen molar-refractivity contribution in [3.63, 3.8) is 0 Å². The summed E-state index contributed by atoms with van der Waals surface area (Å²) >= 11 is 0. The Kier molecular flexibility index (Phi) is 6.45. The van der Waals surface area contributed by atoms with Gasteiger partial charge in [0, 0.05) is 19.0 Å². The summed E-state index contributed by atoms with van der Waals surface area (Å²) in [5.41, 5.74) is 0. The monoisotopic (exact) mass is 330 g/mol. The van der Waals surface area contributed by atoms with Gasteiger partial charge in [-0.15, -0.1) is 0 Å². The summed E-state index contributed by atoms with van der Waals surface area (Å²) < 4.78 is 61.3. The number of nitrogens with one attached hydrogen (secondary N) is 1. The van der Waals surface area contributed by atoms with Crippen molar-refractivity contribution in [2.75, 3.05) is 25.4 Å². The van der Waals surface area contributed by atoms with E-state index in [1.165, 1.54) is 4.31 Å². The molecule has 0 radical (unpaired) electrons. The first-order valence-electron chi connectivity index (χ1n) is 6.98. The Morgan fingerprint density at radius 2 is 1.86 bits per heavy atom. The first kappa shape index (κ1) is 18.2. The molecule has 9 heteroatoms. The summed E-state index contributed by atoms with van der Waals surface area (Å²) in [5, 5.41) is 1.85. The smallest absolute Gasteiger partial charge is 0.347 e. The van der Waals surface area contributed by atoms with E-state index in [0.29, 0.717) is 6.42 Å². The number of piperidine rings is 1. The largest absolute Gasteiger partial charge is 0.405 e. The zero-order valence-electron chi connectivity index (χ0n) is 11.9. The van der Waals surface area contributed by atoms with E-state index in [4.69, 9.17) is 0 Å². The van der Waals surface area contributed by atoms with Crippen LogP contribution in [0.15, 0.2) is 0 Å². The van der Waals surface area contributed by atoms with Crippen molar-refractivity contribution < 1.29 is 26.4 Å². The maximum atomic E-state index is 12.0. The molecule has 0 aromatic heterocycles. The summed E-state index contributed by atoms with van der Waals surface area (Å²) in [6.45, 7) is 0.930. The minimum Gasteiger partial charge on any atom is -0.347 e.